The van der Waals surface area contributed by atoms with E-state index in [4.69, 9.17) is 0 Å². The van der Waals surface area contributed by atoms with Crippen LogP contribution in [-0.4, -0.2) is 38.1 Å². The summed E-state index contributed by atoms with van der Waals surface area (Å²) in [4.78, 5) is 2.33. The summed E-state index contributed by atoms with van der Waals surface area (Å²) in [5.74, 6) is -2.69. The summed E-state index contributed by atoms with van der Waals surface area (Å²) in [7, 11) is 2.15. The highest BCUT2D eigenvalue weighted by atomic mass is 19.1. The quantitative estimate of drug-likeness (QED) is 0.757. The van der Waals surface area contributed by atoms with Crippen molar-refractivity contribution in [1.82, 2.24) is 10.2 Å². The van der Waals surface area contributed by atoms with Gasteiger partial charge in [-0.05, 0) is 7.05 Å². The van der Waals surface area contributed by atoms with Crippen molar-refractivity contribution < 1.29 is 13.2 Å². The van der Waals surface area contributed by atoms with E-state index in [1.165, 1.54) is 13.1 Å². The fourth-order valence-electron chi connectivity index (χ4n) is 1.30. The first-order chi connectivity index (χ1) is 7.58. The molecule has 17 heavy (non-hydrogen) atoms. The lowest BCUT2D eigenvalue weighted by Gasteiger charge is -2.21. The number of hydrogen-bond donors (Lipinski definition) is 1. The van der Waals surface area contributed by atoms with E-state index in [-0.39, 0.29) is 7.43 Å². The van der Waals surface area contributed by atoms with Crippen molar-refractivity contribution in [2.24, 2.45) is 0 Å². The van der Waals surface area contributed by atoms with E-state index in [0.717, 1.165) is 13.1 Å². The van der Waals surface area contributed by atoms with Crippen molar-refractivity contribution in [3.8, 4) is 0 Å². The minimum Gasteiger partial charge on any atom is -0.314 e. The molecule has 0 aliphatic carbocycles. The minimum atomic E-state index is -0.896. The maximum absolute atomic E-state index is 11.9. The SMILES string of the molecule is C.CN1CCNCC1.Fc1cc(F)cc(F)c1. The van der Waals surface area contributed by atoms with Crippen LogP contribution in [-0.2, 0) is 0 Å². The number of halogens is 3. The Labute approximate surface area is 100 Å². The number of benzene rings is 1. The van der Waals surface area contributed by atoms with E-state index in [0.29, 0.717) is 18.2 Å². The van der Waals surface area contributed by atoms with Crippen LogP contribution in [0.15, 0.2) is 18.2 Å². The first-order valence-electron chi connectivity index (χ1n) is 5.09. The molecule has 0 unspecified atom stereocenters. The van der Waals surface area contributed by atoms with Crippen LogP contribution in [0.3, 0.4) is 0 Å². The maximum Gasteiger partial charge on any atom is 0.129 e. The molecule has 0 saturated carbocycles. The zero-order valence-electron chi connectivity index (χ0n) is 9.14. The van der Waals surface area contributed by atoms with Gasteiger partial charge in [-0.15, -0.1) is 0 Å². The van der Waals surface area contributed by atoms with E-state index >= 15 is 0 Å². The standard InChI is InChI=1S/C6H3F3.C5H12N2.CH4/c7-4-1-5(8)3-6(9)2-4;1-7-4-2-6-3-5-7;/h1-3H;6H,2-5H2,1H3;1H4. The number of piperazine rings is 1. The summed E-state index contributed by atoms with van der Waals surface area (Å²) in [6, 6.07) is 1.84. The van der Waals surface area contributed by atoms with Gasteiger partial charge in [0.15, 0.2) is 0 Å². The van der Waals surface area contributed by atoms with Gasteiger partial charge in [0.2, 0.25) is 0 Å². The molecule has 1 heterocycles. The molecular weight excluding hydrogens is 229 g/mol. The van der Waals surface area contributed by atoms with Gasteiger partial charge in [-0.2, -0.15) is 0 Å². The van der Waals surface area contributed by atoms with Gasteiger partial charge in [-0.1, -0.05) is 7.43 Å². The van der Waals surface area contributed by atoms with Crippen molar-refractivity contribution in [3.63, 3.8) is 0 Å². The summed E-state index contributed by atoms with van der Waals surface area (Å²) < 4.78 is 35.8. The first-order valence-corrected chi connectivity index (χ1v) is 5.09. The zero-order chi connectivity index (χ0) is 12.0. The molecule has 0 amide bonds. The Morgan fingerprint density at radius 2 is 1.29 bits per heavy atom. The molecular formula is C12H19F3N2. The van der Waals surface area contributed by atoms with Gasteiger partial charge in [0.05, 0.1) is 0 Å². The van der Waals surface area contributed by atoms with Crippen LogP contribution in [0.5, 0.6) is 0 Å². The van der Waals surface area contributed by atoms with Crippen molar-refractivity contribution in [2.45, 2.75) is 7.43 Å². The Kier molecular flexibility index (Phi) is 7.58. The highest BCUT2D eigenvalue weighted by molar-refractivity contribution is 5.07. The molecule has 0 spiro atoms. The van der Waals surface area contributed by atoms with Gasteiger partial charge in [-0.25, -0.2) is 13.2 Å². The van der Waals surface area contributed by atoms with Crippen molar-refractivity contribution in [3.05, 3.63) is 35.7 Å². The highest BCUT2D eigenvalue weighted by Gasteiger charge is 2.01. The summed E-state index contributed by atoms with van der Waals surface area (Å²) in [5, 5.41) is 3.27. The third kappa shape index (κ3) is 6.97. The molecule has 1 aromatic rings. The smallest absolute Gasteiger partial charge is 0.129 e. The Bertz CT molecular complexity index is 275. The predicted molar refractivity (Wildman–Crippen MR) is 63.4 cm³/mol. The lowest BCUT2D eigenvalue weighted by molar-refractivity contribution is 0.291. The van der Waals surface area contributed by atoms with Gasteiger partial charge in [0, 0.05) is 44.4 Å². The maximum atomic E-state index is 11.9. The Morgan fingerprint density at radius 3 is 1.53 bits per heavy atom. The van der Waals surface area contributed by atoms with E-state index in [2.05, 4.69) is 17.3 Å². The third-order valence-electron chi connectivity index (χ3n) is 2.17. The topological polar surface area (TPSA) is 15.3 Å². The third-order valence-corrected chi connectivity index (χ3v) is 2.17. The van der Waals surface area contributed by atoms with E-state index in [1.54, 1.807) is 0 Å². The molecule has 0 radical (unpaired) electrons. The molecule has 2 nitrogen and oxygen atoms in total. The van der Waals surface area contributed by atoms with Crippen LogP contribution < -0.4 is 5.32 Å². The van der Waals surface area contributed by atoms with Crippen LogP contribution >= 0.6 is 0 Å². The molecule has 0 aromatic heterocycles. The van der Waals surface area contributed by atoms with Crippen molar-refractivity contribution in [1.29, 1.82) is 0 Å². The van der Waals surface area contributed by atoms with Crippen LogP contribution in [0.2, 0.25) is 0 Å². The fraction of sp³-hybridized carbons (Fsp3) is 0.500. The molecule has 0 bridgehead atoms. The monoisotopic (exact) mass is 248 g/mol. The van der Waals surface area contributed by atoms with Gasteiger partial charge in [0.25, 0.3) is 0 Å². The second-order valence-corrected chi connectivity index (χ2v) is 3.64. The lowest BCUT2D eigenvalue weighted by Crippen LogP contribution is -2.40. The molecule has 1 aliphatic rings. The van der Waals surface area contributed by atoms with Crippen LogP contribution in [0, 0.1) is 17.5 Å². The minimum absolute atomic E-state index is 0. The molecule has 1 aliphatic heterocycles. The van der Waals surface area contributed by atoms with Crippen molar-refractivity contribution >= 4 is 0 Å². The Morgan fingerprint density at radius 1 is 0.941 bits per heavy atom. The van der Waals surface area contributed by atoms with Crippen LogP contribution in [0.25, 0.3) is 0 Å². The van der Waals surface area contributed by atoms with Gasteiger partial charge >= 0.3 is 0 Å². The second-order valence-electron chi connectivity index (χ2n) is 3.64. The number of hydrogen-bond acceptors (Lipinski definition) is 2. The molecule has 1 fully saturated rings. The van der Waals surface area contributed by atoms with Gasteiger partial charge in [0.1, 0.15) is 17.5 Å². The van der Waals surface area contributed by atoms with E-state index < -0.39 is 17.5 Å². The molecule has 5 heteroatoms. The average molecular weight is 248 g/mol. The predicted octanol–water partition coefficient (Wildman–Crippen LogP) is 2.26. The van der Waals surface area contributed by atoms with E-state index in [1.807, 2.05) is 0 Å². The molecule has 1 aromatic carbocycles. The second kappa shape index (κ2) is 8.08. The van der Waals surface area contributed by atoms with Crippen LogP contribution in [0.4, 0.5) is 13.2 Å². The normalized spacial score (nSPS) is 15.5. The lowest BCUT2D eigenvalue weighted by atomic mass is 10.3. The van der Waals surface area contributed by atoms with E-state index in [9.17, 15) is 13.2 Å². The Hall–Kier alpha value is -1.07. The number of rotatable bonds is 0. The Balaban J connectivity index is 0.000000292. The first kappa shape index (κ1) is 15.9. The van der Waals surface area contributed by atoms with Crippen molar-refractivity contribution in [2.75, 3.05) is 33.2 Å². The summed E-state index contributed by atoms with van der Waals surface area (Å²) in [6.07, 6.45) is 0. The average Bonchev–Trinajstić information content (AvgIpc) is 2.17. The largest absolute Gasteiger partial charge is 0.314 e. The molecule has 1 saturated heterocycles. The highest BCUT2D eigenvalue weighted by Crippen LogP contribution is 2.04. The molecule has 2 rings (SSSR count). The molecule has 0 atom stereocenters. The number of nitrogens with zero attached hydrogens (tertiary/aromatic N) is 1. The van der Waals surface area contributed by atoms with Gasteiger partial charge < -0.3 is 10.2 Å². The van der Waals surface area contributed by atoms with Crippen LogP contribution in [0.1, 0.15) is 7.43 Å². The number of nitrogens with one attached hydrogen (secondary N) is 1. The summed E-state index contributed by atoms with van der Waals surface area (Å²) in [6.45, 7) is 4.74. The summed E-state index contributed by atoms with van der Waals surface area (Å²) in [5.41, 5.74) is 0. The number of likely N-dealkylation sites (N-methyl/N-ethyl adjacent to an activating group) is 1. The van der Waals surface area contributed by atoms with Gasteiger partial charge in [-0.3, -0.25) is 0 Å². The molecule has 98 valence electrons. The fourth-order valence-corrected chi connectivity index (χ4v) is 1.30. The summed E-state index contributed by atoms with van der Waals surface area (Å²) >= 11 is 0. The zero-order valence-corrected chi connectivity index (χ0v) is 9.14. The molecule has 1 N–H and O–H groups in total.